The Morgan fingerprint density at radius 2 is 1.83 bits per heavy atom. The van der Waals surface area contributed by atoms with Gasteiger partial charge in [0.2, 0.25) is 0 Å². The number of rotatable bonds is 12. The predicted octanol–water partition coefficient (Wildman–Crippen LogP) is 2.72. The molecule has 0 aliphatic carbocycles. The molecular formula is C20H32N4O6. The highest BCUT2D eigenvalue weighted by molar-refractivity contribution is 5.84. The number of benzene rings is 1. The number of carbonyl (C=O) groups is 3. The van der Waals surface area contributed by atoms with Crippen LogP contribution in [0.4, 0.5) is 20.1 Å². The third-order valence-corrected chi connectivity index (χ3v) is 3.90. The Labute approximate surface area is 176 Å². The molecule has 1 rings (SSSR count). The van der Waals surface area contributed by atoms with Crippen LogP contribution in [0.25, 0.3) is 0 Å². The lowest BCUT2D eigenvalue weighted by Gasteiger charge is -2.28. The Bertz CT molecular complexity index is 656. The number of hydrogen-bond donors (Lipinski definition) is 4. The fraction of sp³-hybridized carbons (Fsp3) is 0.550. The van der Waals surface area contributed by atoms with Crippen LogP contribution in [0.2, 0.25) is 0 Å². The molecular weight excluding hydrogens is 392 g/mol. The van der Waals surface area contributed by atoms with Crippen LogP contribution in [0.15, 0.2) is 30.3 Å². The number of urea groups is 1. The van der Waals surface area contributed by atoms with E-state index in [-0.39, 0.29) is 25.2 Å². The fourth-order valence-electron chi connectivity index (χ4n) is 2.61. The van der Waals surface area contributed by atoms with Crippen LogP contribution < -0.4 is 16.0 Å². The highest BCUT2D eigenvalue weighted by Crippen LogP contribution is 2.08. The fourth-order valence-corrected chi connectivity index (χ4v) is 2.61. The van der Waals surface area contributed by atoms with Crippen LogP contribution in [0.5, 0.6) is 0 Å². The number of unbranched alkanes of at least 4 members (excludes halogenated alkanes) is 1. The van der Waals surface area contributed by atoms with Crippen molar-refractivity contribution in [3.63, 3.8) is 0 Å². The highest BCUT2D eigenvalue weighted by Gasteiger charge is 2.22. The summed E-state index contributed by atoms with van der Waals surface area (Å²) in [4.78, 5) is 36.8. The normalized spacial score (nSPS) is 11.5. The number of ether oxygens (including phenoxy) is 2. The lowest BCUT2D eigenvalue weighted by Crippen LogP contribution is -2.48. The molecule has 1 aromatic carbocycles. The van der Waals surface area contributed by atoms with E-state index in [1.165, 1.54) is 7.11 Å². The lowest BCUT2D eigenvalue weighted by molar-refractivity contribution is 0.0301. The summed E-state index contributed by atoms with van der Waals surface area (Å²) in [6, 6.07) is 8.54. The lowest BCUT2D eigenvalue weighted by atomic mass is 10.2. The first-order valence-corrected chi connectivity index (χ1v) is 9.85. The zero-order valence-electron chi connectivity index (χ0n) is 17.7. The van der Waals surface area contributed by atoms with Crippen LogP contribution in [-0.2, 0) is 9.47 Å². The molecule has 1 aromatic rings. The molecule has 0 spiro atoms. The van der Waals surface area contributed by atoms with Gasteiger partial charge >= 0.3 is 18.2 Å². The number of amides is 4. The van der Waals surface area contributed by atoms with Crippen LogP contribution in [0, 0.1) is 0 Å². The number of nitrogens with one attached hydrogen (secondary N) is 3. The van der Waals surface area contributed by atoms with Gasteiger partial charge < -0.3 is 30.1 Å². The molecule has 0 saturated carbocycles. The summed E-state index contributed by atoms with van der Waals surface area (Å²) in [5, 5.41) is 16.4. The van der Waals surface area contributed by atoms with Gasteiger partial charge in [0.15, 0.2) is 0 Å². The first kappa shape index (κ1) is 25.0. The monoisotopic (exact) mass is 424 g/mol. The zero-order valence-corrected chi connectivity index (χ0v) is 17.7. The second-order valence-electron chi connectivity index (χ2n) is 6.96. The number of anilines is 1. The number of para-hydroxylation sites is 1. The Morgan fingerprint density at radius 3 is 2.43 bits per heavy atom. The van der Waals surface area contributed by atoms with E-state index < -0.39 is 18.3 Å². The van der Waals surface area contributed by atoms with Gasteiger partial charge in [-0.15, -0.1) is 0 Å². The number of methoxy groups -OCH3 is 1. The molecule has 30 heavy (non-hydrogen) atoms. The van der Waals surface area contributed by atoms with Crippen molar-refractivity contribution in [1.82, 2.24) is 15.5 Å². The van der Waals surface area contributed by atoms with Gasteiger partial charge in [-0.05, 0) is 38.8 Å². The largest absolute Gasteiger partial charge is 0.465 e. The first-order valence-electron chi connectivity index (χ1n) is 9.85. The zero-order chi connectivity index (χ0) is 22.4. The van der Waals surface area contributed by atoms with Crippen molar-refractivity contribution in [2.75, 3.05) is 38.7 Å². The summed E-state index contributed by atoms with van der Waals surface area (Å²) in [7, 11) is 1.49. The second kappa shape index (κ2) is 14.0. The summed E-state index contributed by atoms with van der Waals surface area (Å²) in [5.74, 6) is 0. The standard InChI is InChI=1S/C20H32N4O6/c1-15(2)22-18(25)24(12-8-7-11-21-19(26)27)13-17(14-29-3)30-20(28)23-16-9-5-4-6-10-16/h4-6,9-10,15,17,21H,7-8,11-14H2,1-3H3,(H,22,25)(H,23,28)(H,26,27)/t17-/m1/s1. The molecule has 10 nitrogen and oxygen atoms in total. The predicted molar refractivity (Wildman–Crippen MR) is 113 cm³/mol. The summed E-state index contributed by atoms with van der Waals surface area (Å²) >= 11 is 0. The van der Waals surface area contributed by atoms with Crippen LogP contribution in [-0.4, -0.2) is 73.7 Å². The van der Waals surface area contributed by atoms with Crippen LogP contribution >= 0.6 is 0 Å². The van der Waals surface area contributed by atoms with Crippen molar-refractivity contribution in [3.8, 4) is 0 Å². The Balaban J connectivity index is 2.67. The van der Waals surface area contributed by atoms with Gasteiger partial charge in [-0.25, -0.2) is 14.4 Å². The van der Waals surface area contributed by atoms with Crippen molar-refractivity contribution >= 4 is 23.9 Å². The average Bonchev–Trinajstić information content (AvgIpc) is 2.66. The van der Waals surface area contributed by atoms with Crippen LogP contribution in [0.3, 0.4) is 0 Å². The molecule has 0 aromatic heterocycles. The van der Waals surface area contributed by atoms with E-state index in [1.54, 1.807) is 29.2 Å². The maximum absolute atomic E-state index is 12.6. The maximum atomic E-state index is 12.6. The molecule has 0 bridgehead atoms. The van der Waals surface area contributed by atoms with E-state index >= 15 is 0 Å². The smallest absolute Gasteiger partial charge is 0.412 e. The van der Waals surface area contributed by atoms with E-state index in [0.717, 1.165) is 0 Å². The van der Waals surface area contributed by atoms with Gasteiger partial charge in [-0.1, -0.05) is 18.2 Å². The third kappa shape index (κ3) is 11.1. The van der Waals surface area contributed by atoms with Gasteiger partial charge in [0.25, 0.3) is 0 Å². The summed E-state index contributed by atoms with van der Waals surface area (Å²) in [6.07, 6.45) is -1.24. The van der Waals surface area contributed by atoms with Crippen molar-refractivity contribution in [1.29, 1.82) is 0 Å². The van der Waals surface area contributed by atoms with Crippen molar-refractivity contribution in [3.05, 3.63) is 30.3 Å². The minimum Gasteiger partial charge on any atom is -0.465 e. The minimum absolute atomic E-state index is 0.0585. The molecule has 168 valence electrons. The Morgan fingerprint density at radius 1 is 1.13 bits per heavy atom. The van der Waals surface area contributed by atoms with E-state index in [1.807, 2.05) is 19.9 Å². The summed E-state index contributed by atoms with van der Waals surface area (Å²) in [6.45, 7) is 4.64. The molecule has 0 radical (unpaired) electrons. The van der Waals surface area contributed by atoms with Crippen LogP contribution in [0.1, 0.15) is 26.7 Å². The minimum atomic E-state index is -1.08. The molecule has 0 heterocycles. The van der Waals surface area contributed by atoms with Gasteiger partial charge in [0, 0.05) is 31.9 Å². The summed E-state index contributed by atoms with van der Waals surface area (Å²) in [5.41, 5.74) is 0.596. The molecule has 4 amide bonds. The van der Waals surface area contributed by atoms with Gasteiger partial charge in [-0.2, -0.15) is 0 Å². The molecule has 0 aliphatic heterocycles. The van der Waals surface area contributed by atoms with E-state index in [4.69, 9.17) is 14.6 Å². The second-order valence-corrected chi connectivity index (χ2v) is 6.96. The van der Waals surface area contributed by atoms with Gasteiger partial charge in [0.1, 0.15) is 6.10 Å². The number of carbonyl (C=O) groups excluding carboxylic acids is 2. The molecule has 0 fully saturated rings. The summed E-state index contributed by atoms with van der Waals surface area (Å²) < 4.78 is 10.6. The number of nitrogens with zero attached hydrogens (tertiary/aromatic N) is 1. The van der Waals surface area contributed by atoms with Gasteiger partial charge in [0.05, 0.1) is 13.2 Å². The van der Waals surface area contributed by atoms with Crippen molar-refractivity contribution in [2.45, 2.75) is 38.8 Å². The Hall–Kier alpha value is -3.01. The average molecular weight is 424 g/mol. The molecule has 4 N–H and O–H groups in total. The SMILES string of the molecule is COC[C@@H](CN(CCCCNC(=O)O)C(=O)NC(C)C)OC(=O)Nc1ccccc1. The Kier molecular flexibility index (Phi) is 11.7. The molecule has 1 atom stereocenters. The highest BCUT2D eigenvalue weighted by atomic mass is 16.6. The van der Waals surface area contributed by atoms with E-state index in [9.17, 15) is 14.4 Å². The number of carboxylic acid groups (broad SMARTS) is 1. The van der Waals surface area contributed by atoms with Gasteiger partial charge in [-0.3, -0.25) is 5.32 Å². The quantitative estimate of drug-likeness (QED) is 0.382. The van der Waals surface area contributed by atoms with E-state index in [0.29, 0.717) is 31.6 Å². The first-order chi connectivity index (χ1) is 14.3. The topological polar surface area (TPSA) is 129 Å². The molecule has 0 unspecified atom stereocenters. The van der Waals surface area contributed by atoms with Crippen molar-refractivity contribution in [2.24, 2.45) is 0 Å². The molecule has 0 aliphatic rings. The molecule has 10 heteroatoms. The van der Waals surface area contributed by atoms with Crippen molar-refractivity contribution < 1.29 is 29.0 Å². The third-order valence-electron chi connectivity index (χ3n) is 3.90. The number of hydrogen-bond acceptors (Lipinski definition) is 5. The molecule has 0 saturated heterocycles. The van der Waals surface area contributed by atoms with E-state index in [2.05, 4.69) is 16.0 Å². The maximum Gasteiger partial charge on any atom is 0.412 e.